The molecule has 0 aliphatic rings. The molecular formula is C9H7BrClNO3. The van der Waals surface area contributed by atoms with E-state index in [0.717, 1.165) is 0 Å². The second kappa shape index (κ2) is 4.72. The predicted molar refractivity (Wildman–Crippen MR) is 60.6 cm³/mol. The van der Waals surface area contributed by atoms with Gasteiger partial charge in [-0.15, -0.1) is 11.6 Å². The summed E-state index contributed by atoms with van der Waals surface area (Å²) in [7, 11) is 0. The number of nitro groups is 1. The topological polar surface area (TPSA) is 60.2 Å². The van der Waals surface area contributed by atoms with Crippen molar-refractivity contribution in [3.63, 3.8) is 0 Å². The van der Waals surface area contributed by atoms with Gasteiger partial charge in [0, 0.05) is 11.1 Å². The molecule has 1 rings (SSSR count). The van der Waals surface area contributed by atoms with Gasteiger partial charge in [0.1, 0.15) is 4.47 Å². The van der Waals surface area contributed by atoms with Crippen LogP contribution < -0.4 is 0 Å². The molecule has 4 nitrogen and oxygen atoms in total. The maximum Gasteiger partial charge on any atom is 0.287 e. The Morgan fingerprint density at radius 2 is 2.20 bits per heavy atom. The number of halogens is 2. The third-order valence-electron chi connectivity index (χ3n) is 1.92. The van der Waals surface area contributed by atoms with E-state index < -0.39 is 4.92 Å². The molecule has 15 heavy (non-hydrogen) atoms. The van der Waals surface area contributed by atoms with E-state index in [9.17, 15) is 14.9 Å². The number of carbonyl (C=O) groups excluding carboxylic acids is 1. The minimum absolute atomic E-state index is 0.0917. The van der Waals surface area contributed by atoms with Crippen molar-refractivity contribution in [3.05, 3.63) is 37.8 Å². The lowest BCUT2D eigenvalue weighted by molar-refractivity contribution is -0.386. The summed E-state index contributed by atoms with van der Waals surface area (Å²) in [6, 6.07) is 3.06. The molecule has 0 saturated carbocycles. The van der Waals surface area contributed by atoms with E-state index in [1.54, 1.807) is 6.92 Å². The molecule has 80 valence electrons. The summed E-state index contributed by atoms with van der Waals surface area (Å²) in [4.78, 5) is 21.5. The highest BCUT2D eigenvalue weighted by molar-refractivity contribution is 9.10. The van der Waals surface area contributed by atoms with Crippen molar-refractivity contribution < 1.29 is 9.72 Å². The lowest BCUT2D eigenvalue weighted by Crippen LogP contribution is -2.04. The van der Waals surface area contributed by atoms with Gasteiger partial charge in [0.25, 0.3) is 5.69 Å². The predicted octanol–water partition coefficient (Wildman–Crippen LogP) is 3.09. The summed E-state index contributed by atoms with van der Waals surface area (Å²) in [5.74, 6) is -0.537. The lowest BCUT2D eigenvalue weighted by Gasteiger charge is -2.04. The smallest absolute Gasteiger partial charge is 0.287 e. The van der Waals surface area contributed by atoms with Crippen molar-refractivity contribution in [3.8, 4) is 0 Å². The van der Waals surface area contributed by atoms with E-state index in [4.69, 9.17) is 11.6 Å². The molecule has 0 bridgehead atoms. The van der Waals surface area contributed by atoms with Crippen LogP contribution in [-0.2, 0) is 0 Å². The Morgan fingerprint density at radius 3 is 2.67 bits per heavy atom. The molecule has 0 unspecified atom stereocenters. The molecule has 1 aromatic rings. The van der Waals surface area contributed by atoms with Crippen LogP contribution in [0, 0.1) is 17.0 Å². The molecule has 6 heteroatoms. The first-order valence-corrected chi connectivity index (χ1v) is 5.34. The molecule has 0 spiro atoms. The quantitative estimate of drug-likeness (QED) is 0.372. The van der Waals surface area contributed by atoms with Gasteiger partial charge >= 0.3 is 0 Å². The molecule has 0 aliphatic carbocycles. The monoisotopic (exact) mass is 291 g/mol. The molecular weight excluding hydrogens is 285 g/mol. The van der Waals surface area contributed by atoms with Crippen LogP contribution in [0.3, 0.4) is 0 Å². The van der Waals surface area contributed by atoms with Crippen molar-refractivity contribution in [2.24, 2.45) is 0 Å². The summed E-state index contributed by atoms with van der Waals surface area (Å²) in [6.07, 6.45) is 0. The number of Topliss-reactive ketones (excluding diaryl/α,β-unsaturated/α-hetero) is 1. The van der Waals surface area contributed by atoms with Gasteiger partial charge in [-0.2, -0.15) is 0 Å². The second-order valence-electron chi connectivity index (χ2n) is 2.91. The minimum Gasteiger partial charge on any atom is -0.293 e. The summed E-state index contributed by atoms with van der Waals surface area (Å²) >= 11 is 8.44. The highest BCUT2D eigenvalue weighted by Gasteiger charge is 2.21. The third kappa shape index (κ3) is 2.35. The van der Waals surface area contributed by atoms with Crippen LogP contribution in [0.15, 0.2) is 16.6 Å². The van der Waals surface area contributed by atoms with Gasteiger partial charge in [0.2, 0.25) is 0 Å². The average molecular weight is 293 g/mol. The van der Waals surface area contributed by atoms with Crippen LogP contribution in [0.5, 0.6) is 0 Å². The Kier molecular flexibility index (Phi) is 3.82. The van der Waals surface area contributed by atoms with Gasteiger partial charge in [-0.25, -0.2) is 0 Å². The van der Waals surface area contributed by atoms with Gasteiger partial charge < -0.3 is 0 Å². The summed E-state index contributed by atoms with van der Waals surface area (Å²) in [5, 5.41) is 10.7. The normalized spacial score (nSPS) is 10.1. The van der Waals surface area contributed by atoms with Crippen LogP contribution in [0.4, 0.5) is 5.69 Å². The summed E-state index contributed by atoms with van der Waals surface area (Å²) < 4.78 is 0.193. The van der Waals surface area contributed by atoms with Gasteiger partial charge in [0.15, 0.2) is 5.78 Å². The van der Waals surface area contributed by atoms with Crippen molar-refractivity contribution in [2.45, 2.75) is 6.92 Å². The fraction of sp³-hybridized carbons (Fsp3) is 0.222. The highest BCUT2D eigenvalue weighted by atomic mass is 79.9. The van der Waals surface area contributed by atoms with Gasteiger partial charge in [-0.3, -0.25) is 14.9 Å². The van der Waals surface area contributed by atoms with E-state index in [-0.39, 0.29) is 27.4 Å². The molecule has 0 heterocycles. The number of nitro benzene ring substituents is 1. The summed E-state index contributed by atoms with van der Waals surface area (Å²) in [5.41, 5.74) is 0.645. The fourth-order valence-corrected chi connectivity index (χ4v) is 2.13. The number of benzene rings is 1. The number of nitrogens with zero attached hydrogens (tertiary/aromatic N) is 1. The molecule has 1 aromatic carbocycles. The molecule has 0 aliphatic heterocycles. The number of ketones is 1. The maximum atomic E-state index is 11.3. The Morgan fingerprint density at radius 1 is 1.60 bits per heavy atom. The van der Waals surface area contributed by atoms with Crippen molar-refractivity contribution >= 4 is 39.0 Å². The Hall–Kier alpha value is -0.940. The number of rotatable bonds is 3. The Labute approximate surface area is 99.5 Å². The number of aryl methyl sites for hydroxylation is 1. The van der Waals surface area contributed by atoms with Crippen molar-refractivity contribution in [1.29, 1.82) is 0 Å². The zero-order chi connectivity index (χ0) is 11.6. The zero-order valence-corrected chi connectivity index (χ0v) is 10.1. The largest absolute Gasteiger partial charge is 0.293 e. The van der Waals surface area contributed by atoms with E-state index in [1.807, 2.05) is 0 Å². The standard InChI is InChI=1S/C9H7BrClNO3/c1-5-2-3-6(7(13)4-11)8(10)9(5)12(14)15/h2-3H,4H2,1H3. The molecule has 0 aromatic heterocycles. The SMILES string of the molecule is Cc1ccc(C(=O)CCl)c(Br)c1[N+](=O)[O-]. The van der Waals surface area contributed by atoms with Crippen LogP contribution in [0.1, 0.15) is 15.9 Å². The van der Waals surface area contributed by atoms with Gasteiger partial charge in [0.05, 0.1) is 10.8 Å². The van der Waals surface area contributed by atoms with Gasteiger partial charge in [-0.1, -0.05) is 6.07 Å². The average Bonchev–Trinajstić information content (AvgIpc) is 2.16. The first-order chi connectivity index (χ1) is 6.99. The second-order valence-corrected chi connectivity index (χ2v) is 3.97. The van der Waals surface area contributed by atoms with E-state index >= 15 is 0 Å². The molecule has 0 amide bonds. The molecule has 0 atom stereocenters. The molecule has 0 fully saturated rings. The molecule has 0 saturated heterocycles. The van der Waals surface area contributed by atoms with Crippen LogP contribution in [0.2, 0.25) is 0 Å². The Balaban J connectivity index is 3.41. The van der Waals surface area contributed by atoms with Gasteiger partial charge in [-0.05, 0) is 28.9 Å². The first-order valence-electron chi connectivity index (χ1n) is 4.01. The molecule has 0 N–H and O–H groups in total. The highest BCUT2D eigenvalue weighted by Crippen LogP contribution is 2.32. The van der Waals surface area contributed by atoms with E-state index in [2.05, 4.69) is 15.9 Å². The summed E-state index contributed by atoms with van der Waals surface area (Å²) in [6.45, 7) is 1.61. The van der Waals surface area contributed by atoms with E-state index in [0.29, 0.717) is 5.56 Å². The lowest BCUT2D eigenvalue weighted by atomic mass is 10.1. The Bertz CT molecular complexity index is 434. The van der Waals surface area contributed by atoms with Crippen LogP contribution in [0.25, 0.3) is 0 Å². The third-order valence-corrected chi connectivity index (χ3v) is 2.97. The number of alkyl halides is 1. The van der Waals surface area contributed by atoms with Crippen LogP contribution >= 0.6 is 27.5 Å². The zero-order valence-electron chi connectivity index (χ0n) is 7.79. The maximum absolute atomic E-state index is 11.3. The number of carbonyl (C=O) groups is 1. The minimum atomic E-state index is -0.523. The number of hydrogen-bond acceptors (Lipinski definition) is 3. The van der Waals surface area contributed by atoms with Crippen LogP contribution in [-0.4, -0.2) is 16.6 Å². The first kappa shape index (κ1) is 12.1. The number of hydrogen-bond donors (Lipinski definition) is 0. The molecule has 0 radical (unpaired) electrons. The van der Waals surface area contributed by atoms with Crippen molar-refractivity contribution in [2.75, 3.05) is 5.88 Å². The van der Waals surface area contributed by atoms with Crippen molar-refractivity contribution in [1.82, 2.24) is 0 Å². The van der Waals surface area contributed by atoms with E-state index in [1.165, 1.54) is 12.1 Å². The fourth-order valence-electron chi connectivity index (χ4n) is 1.17.